The van der Waals surface area contributed by atoms with E-state index >= 15 is 0 Å². The molecule has 7 heteroatoms. The minimum atomic E-state index is -3.60. The van der Waals surface area contributed by atoms with E-state index in [4.69, 9.17) is 0 Å². The molecule has 2 rings (SSSR count). The van der Waals surface area contributed by atoms with Crippen LogP contribution >= 0.6 is 0 Å². The first-order valence-electron chi connectivity index (χ1n) is 7.40. The first-order valence-corrected chi connectivity index (χ1v) is 8.88. The molecule has 1 unspecified atom stereocenters. The molecule has 1 aliphatic heterocycles. The Hall–Kier alpha value is -1.18. The number of rotatable bonds is 6. The zero-order valence-corrected chi connectivity index (χ0v) is 13.5. The second-order valence-corrected chi connectivity index (χ2v) is 7.12. The number of likely N-dealkylation sites (tertiary alicyclic amines) is 1. The molecule has 1 aromatic rings. The van der Waals surface area contributed by atoms with Crippen molar-refractivity contribution in [3.63, 3.8) is 0 Å². The third-order valence-corrected chi connectivity index (χ3v) is 5.18. The van der Waals surface area contributed by atoms with Crippen molar-refractivity contribution in [1.29, 1.82) is 0 Å². The van der Waals surface area contributed by atoms with Crippen LogP contribution in [0.1, 0.15) is 26.2 Å². The Balaban J connectivity index is 2.02. The zero-order chi connectivity index (χ0) is 15.3. The van der Waals surface area contributed by atoms with Crippen LogP contribution in [0.15, 0.2) is 23.4 Å². The fourth-order valence-electron chi connectivity index (χ4n) is 2.68. The minimum Gasteiger partial charge on any atom is -0.386 e. The normalized spacial score (nSPS) is 18.4. The smallest absolute Gasteiger partial charge is 0.260 e. The van der Waals surface area contributed by atoms with Gasteiger partial charge in [-0.05, 0) is 45.0 Å². The maximum absolute atomic E-state index is 12.4. The molecule has 0 aliphatic carbocycles. The molecule has 21 heavy (non-hydrogen) atoms. The molecule has 1 fully saturated rings. The van der Waals surface area contributed by atoms with Gasteiger partial charge in [-0.3, -0.25) is 0 Å². The molecule has 0 aromatic carbocycles. The van der Waals surface area contributed by atoms with Crippen molar-refractivity contribution < 1.29 is 8.42 Å². The average molecular weight is 312 g/mol. The number of sulfonamides is 1. The number of hydrogen-bond acceptors (Lipinski definition) is 5. The van der Waals surface area contributed by atoms with Crippen LogP contribution in [-0.4, -0.2) is 51.0 Å². The molecule has 2 heterocycles. The van der Waals surface area contributed by atoms with Crippen LogP contribution in [0.25, 0.3) is 0 Å². The quantitative estimate of drug-likeness (QED) is 0.827. The van der Waals surface area contributed by atoms with Crippen molar-refractivity contribution >= 4 is 15.7 Å². The summed E-state index contributed by atoms with van der Waals surface area (Å²) in [4.78, 5) is 6.31. The minimum absolute atomic E-state index is 0.0537. The fraction of sp³-hybridized carbons (Fsp3) is 0.643. The first-order chi connectivity index (χ1) is 10.0. The van der Waals surface area contributed by atoms with Gasteiger partial charge in [-0.1, -0.05) is 6.42 Å². The van der Waals surface area contributed by atoms with Crippen molar-refractivity contribution in [2.75, 3.05) is 32.0 Å². The van der Waals surface area contributed by atoms with E-state index in [-0.39, 0.29) is 11.1 Å². The summed E-state index contributed by atoms with van der Waals surface area (Å²) in [6.07, 6.45) is 5.16. The summed E-state index contributed by atoms with van der Waals surface area (Å²) in [5.41, 5.74) is 0.509. The van der Waals surface area contributed by atoms with Crippen LogP contribution in [0.4, 0.5) is 5.69 Å². The van der Waals surface area contributed by atoms with Crippen LogP contribution < -0.4 is 10.0 Å². The third-order valence-electron chi connectivity index (χ3n) is 3.63. The highest BCUT2D eigenvalue weighted by Crippen LogP contribution is 2.17. The van der Waals surface area contributed by atoms with Crippen molar-refractivity contribution in [2.24, 2.45) is 0 Å². The van der Waals surface area contributed by atoms with Crippen LogP contribution in [0.2, 0.25) is 0 Å². The largest absolute Gasteiger partial charge is 0.386 e. The molecule has 2 N–H and O–H groups in total. The highest BCUT2D eigenvalue weighted by molar-refractivity contribution is 7.89. The topological polar surface area (TPSA) is 74.3 Å². The molecule has 0 saturated carbocycles. The van der Waals surface area contributed by atoms with Crippen LogP contribution in [0, 0.1) is 0 Å². The van der Waals surface area contributed by atoms with E-state index in [1.807, 2.05) is 6.92 Å². The monoisotopic (exact) mass is 312 g/mol. The Morgan fingerprint density at radius 2 is 2.05 bits per heavy atom. The van der Waals surface area contributed by atoms with Crippen LogP contribution in [0.3, 0.4) is 0 Å². The van der Waals surface area contributed by atoms with E-state index in [9.17, 15) is 8.42 Å². The number of hydrogen-bond donors (Lipinski definition) is 2. The molecule has 6 nitrogen and oxygen atoms in total. The van der Waals surface area contributed by atoms with Gasteiger partial charge in [0.25, 0.3) is 10.0 Å². The molecule has 1 aliphatic rings. The van der Waals surface area contributed by atoms with E-state index in [0.29, 0.717) is 5.69 Å². The zero-order valence-electron chi connectivity index (χ0n) is 12.7. The highest BCUT2D eigenvalue weighted by atomic mass is 32.2. The average Bonchev–Trinajstić information content (AvgIpc) is 2.47. The molecule has 0 bridgehead atoms. The van der Waals surface area contributed by atoms with Gasteiger partial charge < -0.3 is 10.2 Å². The SMILES string of the molecule is CNc1cccnc1S(=O)(=O)NC(C)CN1CCCCC1. The second-order valence-electron chi connectivity index (χ2n) is 5.49. The van der Waals surface area contributed by atoms with Gasteiger partial charge >= 0.3 is 0 Å². The van der Waals surface area contributed by atoms with Gasteiger partial charge in [0.05, 0.1) is 5.69 Å². The van der Waals surface area contributed by atoms with Crippen molar-refractivity contribution in [3.05, 3.63) is 18.3 Å². The van der Waals surface area contributed by atoms with Gasteiger partial charge in [-0.15, -0.1) is 0 Å². The van der Waals surface area contributed by atoms with E-state index in [0.717, 1.165) is 19.6 Å². The summed E-state index contributed by atoms with van der Waals surface area (Å²) in [5.74, 6) is 0. The molecule has 0 spiro atoms. The van der Waals surface area contributed by atoms with Gasteiger partial charge in [0, 0.05) is 25.8 Å². The number of nitrogens with zero attached hydrogens (tertiary/aromatic N) is 2. The molecule has 0 amide bonds. The van der Waals surface area contributed by atoms with E-state index in [2.05, 4.69) is 19.9 Å². The number of piperidine rings is 1. The lowest BCUT2D eigenvalue weighted by atomic mass is 10.1. The van der Waals surface area contributed by atoms with Gasteiger partial charge in [0.1, 0.15) is 0 Å². The van der Waals surface area contributed by atoms with E-state index in [1.54, 1.807) is 19.2 Å². The number of nitrogens with one attached hydrogen (secondary N) is 2. The van der Waals surface area contributed by atoms with E-state index < -0.39 is 10.0 Å². The summed E-state index contributed by atoms with van der Waals surface area (Å²) >= 11 is 0. The van der Waals surface area contributed by atoms with Crippen molar-refractivity contribution in [3.8, 4) is 0 Å². The Kier molecular flexibility index (Phi) is 5.55. The highest BCUT2D eigenvalue weighted by Gasteiger charge is 2.23. The standard InChI is InChI=1S/C14H24N4O2S/c1-12(11-18-9-4-3-5-10-18)17-21(19,20)14-13(15-2)7-6-8-16-14/h6-8,12,15,17H,3-5,9-11H2,1-2H3. The fourth-order valence-corrected chi connectivity index (χ4v) is 4.06. The Labute approximate surface area is 127 Å². The van der Waals surface area contributed by atoms with Crippen molar-refractivity contribution in [1.82, 2.24) is 14.6 Å². The lowest BCUT2D eigenvalue weighted by molar-refractivity contribution is 0.215. The molecule has 1 aromatic heterocycles. The molecule has 118 valence electrons. The third kappa shape index (κ3) is 4.39. The Morgan fingerprint density at radius 1 is 1.33 bits per heavy atom. The Morgan fingerprint density at radius 3 is 2.71 bits per heavy atom. The van der Waals surface area contributed by atoms with Gasteiger partial charge in [0.2, 0.25) is 0 Å². The maximum Gasteiger partial charge on any atom is 0.260 e. The summed E-state index contributed by atoms with van der Waals surface area (Å²) in [5, 5.41) is 2.92. The first kappa shape index (κ1) is 16.2. The summed E-state index contributed by atoms with van der Waals surface area (Å²) in [7, 11) is -1.92. The van der Waals surface area contributed by atoms with Gasteiger partial charge in [-0.25, -0.2) is 18.1 Å². The molecule has 1 saturated heterocycles. The predicted octanol–water partition coefficient (Wildman–Crippen LogP) is 1.28. The summed E-state index contributed by atoms with van der Waals surface area (Å²) < 4.78 is 27.6. The summed E-state index contributed by atoms with van der Waals surface area (Å²) in [6, 6.07) is 3.28. The Bertz CT molecular complexity index is 556. The van der Waals surface area contributed by atoms with Gasteiger partial charge in [0.15, 0.2) is 5.03 Å². The summed E-state index contributed by atoms with van der Waals surface area (Å²) in [6.45, 7) is 4.74. The number of pyridine rings is 1. The molecular weight excluding hydrogens is 288 g/mol. The number of anilines is 1. The van der Waals surface area contributed by atoms with Crippen LogP contribution in [-0.2, 0) is 10.0 Å². The van der Waals surface area contributed by atoms with Crippen molar-refractivity contribution in [2.45, 2.75) is 37.3 Å². The lowest BCUT2D eigenvalue weighted by Gasteiger charge is -2.29. The number of aromatic nitrogens is 1. The molecule has 0 radical (unpaired) electrons. The molecule has 1 atom stereocenters. The van der Waals surface area contributed by atoms with Crippen LogP contribution in [0.5, 0.6) is 0 Å². The molecular formula is C14H24N4O2S. The lowest BCUT2D eigenvalue weighted by Crippen LogP contribution is -2.43. The predicted molar refractivity (Wildman–Crippen MR) is 83.9 cm³/mol. The second kappa shape index (κ2) is 7.20. The van der Waals surface area contributed by atoms with E-state index in [1.165, 1.54) is 25.5 Å². The maximum atomic E-state index is 12.4. The van der Waals surface area contributed by atoms with Gasteiger partial charge in [-0.2, -0.15) is 0 Å².